The number of fused-ring (bicyclic) bond motifs is 2. The molecule has 1 amide bonds. The van der Waals surface area contributed by atoms with E-state index in [0.717, 1.165) is 27.1 Å². The van der Waals surface area contributed by atoms with Crippen LogP contribution in [0.5, 0.6) is 0 Å². The molecule has 1 aliphatic rings. The minimum Gasteiger partial charge on any atom is -0.268 e. The highest BCUT2D eigenvalue weighted by Gasteiger charge is 2.33. The van der Waals surface area contributed by atoms with Crippen molar-refractivity contribution >= 4 is 79.1 Å². The van der Waals surface area contributed by atoms with Crippen LogP contribution in [0.25, 0.3) is 27.6 Å². The van der Waals surface area contributed by atoms with Gasteiger partial charge in [0.2, 0.25) is 0 Å². The molecular formula is C24H14ClNOS2. The topological polar surface area (TPSA) is 20.3 Å². The van der Waals surface area contributed by atoms with Crippen LogP contribution in [-0.2, 0) is 4.79 Å². The summed E-state index contributed by atoms with van der Waals surface area (Å²) in [6.45, 7) is 0. The number of carbonyl (C=O) groups excluding carboxylic acids is 1. The van der Waals surface area contributed by atoms with Gasteiger partial charge < -0.3 is 0 Å². The Morgan fingerprint density at radius 3 is 2.17 bits per heavy atom. The Hall–Kier alpha value is -2.66. The van der Waals surface area contributed by atoms with Gasteiger partial charge in [0, 0.05) is 5.02 Å². The van der Waals surface area contributed by atoms with E-state index < -0.39 is 0 Å². The summed E-state index contributed by atoms with van der Waals surface area (Å²) in [5.41, 5.74) is 1.72. The van der Waals surface area contributed by atoms with E-state index in [1.807, 2.05) is 42.5 Å². The monoisotopic (exact) mass is 431 g/mol. The molecule has 5 heteroatoms. The number of rotatable bonds is 2. The Morgan fingerprint density at radius 2 is 1.52 bits per heavy atom. The third kappa shape index (κ3) is 3.23. The van der Waals surface area contributed by atoms with Crippen LogP contribution in [0.1, 0.15) is 5.56 Å². The summed E-state index contributed by atoms with van der Waals surface area (Å²) in [6, 6.07) is 25.8. The van der Waals surface area contributed by atoms with Gasteiger partial charge in [0.15, 0.2) is 4.32 Å². The standard InChI is InChI=1S/C24H14ClNOS2/c25-17-8-5-9-18(13-17)26-23(27)22(29-24(26)28)14-21-19-10-3-1-6-15(19)12-16-7-2-4-11-20(16)21/h1-14H/b22-14-. The molecule has 5 rings (SSSR count). The fourth-order valence-corrected chi connectivity index (χ4v) is 5.11. The van der Waals surface area contributed by atoms with Crippen molar-refractivity contribution in [1.82, 2.24) is 0 Å². The average Bonchev–Trinajstić information content (AvgIpc) is 3.01. The quantitative estimate of drug-likeness (QED) is 0.192. The van der Waals surface area contributed by atoms with Gasteiger partial charge >= 0.3 is 0 Å². The Kier molecular flexibility index (Phi) is 4.63. The second-order valence-electron chi connectivity index (χ2n) is 6.73. The van der Waals surface area contributed by atoms with E-state index in [4.69, 9.17) is 23.8 Å². The molecule has 1 fully saturated rings. The van der Waals surface area contributed by atoms with Gasteiger partial charge in [-0.3, -0.25) is 9.69 Å². The summed E-state index contributed by atoms with van der Waals surface area (Å²) in [7, 11) is 0. The molecule has 140 valence electrons. The van der Waals surface area contributed by atoms with Crippen molar-refractivity contribution in [2.75, 3.05) is 4.90 Å². The van der Waals surface area contributed by atoms with Crippen molar-refractivity contribution < 1.29 is 4.79 Å². The van der Waals surface area contributed by atoms with E-state index in [1.54, 1.807) is 17.0 Å². The van der Waals surface area contributed by atoms with Crippen LogP contribution in [0, 0.1) is 0 Å². The molecule has 0 unspecified atom stereocenters. The Morgan fingerprint density at radius 1 is 0.862 bits per heavy atom. The van der Waals surface area contributed by atoms with Gasteiger partial charge in [-0.25, -0.2) is 0 Å². The van der Waals surface area contributed by atoms with Crippen molar-refractivity contribution in [1.29, 1.82) is 0 Å². The number of amides is 1. The zero-order chi connectivity index (χ0) is 20.0. The lowest BCUT2D eigenvalue weighted by Gasteiger charge is -2.14. The van der Waals surface area contributed by atoms with Crippen LogP contribution in [0.4, 0.5) is 5.69 Å². The fraction of sp³-hybridized carbons (Fsp3) is 0. The number of carbonyl (C=O) groups is 1. The molecule has 0 spiro atoms. The Labute approximate surface area is 182 Å². The number of hydrogen-bond donors (Lipinski definition) is 0. The molecule has 0 aromatic heterocycles. The van der Waals surface area contributed by atoms with E-state index in [-0.39, 0.29) is 5.91 Å². The van der Waals surface area contributed by atoms with Crippen LogP contribution in [0.15, 0.2) is 83.8 Å². The summed E-state index contributed by atoms with van der Waals surface area (Å²) in [5, 5.41) is 5.07. The fourth-order valence-electron chi connectivity index (χ4n) is 3.64. The number of hydrogen-bond acceptors (Lipinski definition) is 3. The van der Waals surface area contributed by atoms with Crippen molar-refractivity contribution in [2.45, 2.75) is 0 Å². The first-order valence-electron chi connectivity index (χ1n) is 9.06. The molecule has 1 aliphatic heterocycles. The predicted octanol–water partition coefficient (Wildman–Crippen LogP) is 7.05. The molecule has 4 aromatic rings. The summed E-state index contributed by atoms with van der Waals surface area (Å²) in [6.07, 6.45) is 1.97. The van der Waals surface area contributed by atoms with Crippen LogP contribution in [0.3, 0.4) is 0 Å². The normalized spacial score (nSPS) is 15.8. The second-order valence-corrected chi connectivity index (χ2v) is 8.84. The molecule has 1 heterocycles. The van der Waals surface area contributed by atoms with Gasteiger partial charge in [0.1, 0.15) is 0 Å². The van der Waals surface area contributed by atoms with Crippen molar-refractivity contribution in [3.05, 3.63) is 94.4 Å². The van der Waals surface area contributed by atoms with Crippen LogP contribution < -0.4 is 4.90 Å². The molecule has 0 saturated carbocycles. The molecule has 1 saturated heterocycles. The maximum absolute atomic E-state index is 13.2. The summed E-state index contributed by atoms with van der Waals surface area (Å²) < 4.78 is 0.507. The molecule has 0 aliphatic carbocycles. The Balaban J connectivity index is 1.68. The lowest BCUT2D eigenvalue weighted by molar-refractivity contribution is -0.113. The first kappa shape index (κ1) is 18.4. The maximum Gasteiger partial charge on any atom is 0.270 e. The first-order chi connectivity index (χ1) is 14.1. The van der Waals surface area contributed by atoms with E-state index in [9.17, 15) is 4.79 Å². The van der Waals surface area contributed by atoms with Crippen molar-refractivity contribution in [3.8, 4) is 0 Å². The van der Waals surface area contributed by atoms with Crippen LogP contribution >= 0.6 is 35.6 Å². The molecule has 29 heavy (non-hydrogen) atoms. The second kappa shape index (κ2) is 7.30. The van der Waals surface area contributed by atoms with E-state index in [2.05, 4.69) is 30.3 Å². The van der Waals surface area contributed by atoms with E-state index in [0.29, 0.717) is 19.9 Å². The molecule has 0 bridgehead atoms. The lowest BCUT2D eigenvalue weighted by atomic mass is 9.96. The van der Waals surface area contributed by atoms with Gasteiger partial charge in [-0.05, 0) is 57.4 Å². The number of benzene rings is 4. The summed E-state index contributed by atoms with van der Waals surface area (Å²) in [5.74, 6) is -0.126. The number of thiocarbonyl (C=S) groups is 1. The molecule has 0 N–H and O–H groups in total. The molecular weight excluding hydrogens is 418 g/mol. The minimum absolute atomic E-state index is 0.126. The first-order valence-corrected chi connectivity index (χ1v) is 10.7. The number of nitrogens with zero attached hydrogens (tertiary/aromatic N) is 1. The zero-order valence-electron chi connectivity index (χ0n) is 15.1. The predicted molar refractivity (Wildman–Crippen MR) is 129 cm³/mol. The SMILES string of the molecule is O=C1/C(=C/c2c3ccccc3cc3ccccc23)SC(=S)N1c1cccc(Cl)c1. The van der Waals surface area contributed by atoms with Gasteiger partial charge in [-0.1, -0.05) is 90.2 Å². The highest BCUT2D eigenvalue weighted by molar-refractivity contribution is 8.27. The maximum atomic E-state index is 13.2. The minimum atomic E-state index is -0.126. The molecule has 2 nitrogen and oxygen atoms in total. The average molecular weight is 432 g/mol. The van der Waals surface area contributed by atoms with E-state index >= 15 is 0 Å². The zero-order valence-corrected chi connectivity index (χ0v) is 17.5. The molecule has 4 aromatic carbocycles. The number of anilines is 1. The highest BCUT2D eigenvalue weighted by Crippen LogP contribution is 2.39. The van der Waals surface area contributed by atoms with Gasteiger partial charge in [0.25, 0.3) is 5.91 Å². The Bertz CT molecular complexity index is 1290. The van der Waals surface area contributed by atoms with Crippen molar-refractivity contribution in [3.63, 3.8) is 0 Å². The van der Waals surface area contributed by atoms with Crippen molar-refractivity contribution in [2.24, 2.45) is 0 Å². The number of halogens is 1. The van der Waals surface area contributed by atoms with Crippen LogP contribution in [0.2, 0.25) is 5.02 Å². The largest absolute Gasteiger partial charge is 0.270 e. The lowest BCUT2D eigenvalue weighted by Crippen LogP contribution is -2.27. The van der Waals surface area contributed by atoms with Crippen LogP contribution in [-0.4, -0.2) is 10.2 Å². The summed E-state index contributed by atoms with van der Waals surface area (Å²) in [4.78, 5) is 15.4. The summed E-state index contributed by atoms with van der Waals surface area (Å²) >= 11 is 12.9. The molecule has 0 radical (unpaired) electrons. The molecule has 0 atom stereocenters. The van der Waals surface area contributed by atoms with E-state index in [1.165, 1.54) is 11.8 Å². The highest BCUT2D eigenvalue weighted by atomic mass is 35.5. The van der Waals surface area contributed by atoms with Gasteiger partial charge in [-0.2, -0.15) is 0 Å². The van der Waals surface area contributed by atoms with Gasteiger partial charge in [0.05, 0.1) is 10.6 Å². The number of thioether (sulfide) groups is 1. The third-order valence-corrected chi connectivity index (χ3v) is 6.49. The third-order valence-electron chi connectivity index (χ3n) is 4.95. The smallest absolute Gasteiger partial charge is 0.268 e. The van der Waals surface area contributed by atoms with Gasteiger partial charge in [-0.15, -0.1) is 0 Å².